The standard InChI is InChI=1S/C15H15NO4/c1-16(10-5-3-6-11(17)9-10)15(19)12-7-4-8-13(20-2)14(12)18/h3-9,17-18H,1-2H3. The van der Waals surface area contributed by atoms with Crippen molar-refractivity contribution in [3.8, 4) is 17.2 Å². The van der Waals surface area contributed by atoms with Crippen molar-refractivity contribution in [1.29, 1.82) is 0 Å². The van der Waals surface area contributed by atoms with Crippen molar-refractivity contribution < 1.29 is 19.7 Å². The van der Waals surface area contributed by atoms with Gasteiger partial charge in [0.25, 0.3) is 5.91 Å². The zero-order valence-corrected chi connectivity index (χ0v) is 11.2. The van der Waals surface area contributed by atoms with Gasteiger partial charge in [0.05, 0.1) is 12.7 Å². The third-order valence-electron chi connectivity index (χ3n) is 2.97. The van der Waals surface area contributed by atoms with E-state index >= 15 is 0 Å². The molecule has 5 nitrogen and oxygen atoms in total. The van der Waals surface area contributed by atoms with Crippen LogP contribution in [-0.4, -0.2) is 30.3 Å². The van der Waals surface area contributed by atoms with Gasteiger partial charge in [-0.15, -0.1) is 0 Å². The maximum Gasteiger partial charge on any atom is 0.261 e. The van der Waals surface area contributed by atoms with Crippen LogP contribution in [0.15, 0.2) is 42.5 Å². The molecule has 0 radical (unpaired) electrons. The van der Waals surface area contributed by atoms with E-state index in [9.17, 15) is 15.0 Å². The first-order valence-electron chi connectivity index (χ1n) is 5.97. The molecule has 0 aliphatic carbocycles. The quantitative estimate of drug-likeness (QED) is 0.900. The number of phenols is 2. The number of carbonyl (C=O) groups is 1. The molecule has 0 saturated heterocycles. The van der Waals surface area contributed by atoms with Gasteiger partial charge in [-0.2, -0.15) is 0 Å². The molecule has 2 rings (SSSR count). The van der Waals surface area contributed by atoms with E-state index in [0.29, 0.717) is 5.69 Å². The molecule has 5 heteroatoms. The predicted octanol–water partition coefficient (Wildman–Crippen LogP) is 2.38. The molecule has 1 amide bonds. The lowest BCUT2D eigenvalue weighted by molar-refractivity contribution is 0.0990. The first-order chi connectivity index (χ1) is 9.54. The highest BCUT2D eigenvalue weighted by atomic mass is 16.5. The topological polar surface area (TPSA) is 70.0 Å². The Bertz CT molecular complexity index is 640. The summed E-state index contributed by atoms with van der Waals surface area (Å²) >= 11 is 0. The average molecular weight is 273 g/mol. The summed E-state index contributed by atoms with van der Waals surface area (Å²) in [6.45, 7) is 0. The van der Waals surface area contributed by atoms with Crippen molar-refractivity contribution in [3.05, 3.63) is 48.0 Å². The highest BCUT2D eigenvalue weighted by molar-refractivity contribution is 6.08. The molecule has 0 aromatic heterocycles. The summed E-state index contributed by atoms with van der Waals surface area (Å²) in [5.41, 5.74) is 0.660. The van der Waals surface area contributed by atoms with Crippen LogP contribution in [0.5, 0.6) is 17.2 Å². The van der Waals surface area contributed by atoms with Crippen molar-refractivity contribution in [1.82, 2.24) is 0 Å². The molecule has 0 fully saturated rings. The lowest BCUT2D eigenvalue weighted by Crippen LogP contribution is -2.26. The van der Waals surface area contributed by atoms with Gasteiger partial charge in [0.2, 0.25) is 0 Å². The largest absolute Gasteiger partial charge is 0.508 e. The van der Waals surface area contributed by atoms with Crippen molar-refractivity contribution >= 4 is 11.6 Å². The Morgan fingerprint density at radius 1 is 1.15 bits per heavy atom. The van der Waals surface area contributed by atoms with Gasteiger partial charge in [0, 0.05) is 18.8 Å². The summed E-state index contributed by atoms with van der Waals surface area (Å²) in [7, 11) is 2.98. The number of para-hydroxylation sites is 1. The van der Waals surface area contributed by atoms with Crippen molar-refractivity contribution in [2.45, 2.75) is 0 Å². The van der Waals surface area contributed by atoms with E-state index in [1.54, 1.807) is 31.3 Å². The number of rotatable bonds is 3. The minimum absolute atomic E-state index is 0.0667. The Morgan fingerprint density at radius 2 is 1.85 bits per heavy atom. The molecule has 0 aliphatic heterocycles. The Hall–Kier alpha value is -2.69. The van der Waals surface area contributed by atoms with E-state index < -0.39 is 5.91 Å². The van der Waals surface area contributed by atoms with Crippen LogP contribution < -0.4 is 9.64 Å². The number of anilines is 1. The van der Waals surface area contributed by atoms with E-state index in [-0.39, 0.29) is 22.8 Å². The molecule has 0 aliphatic rings. The van der Waals surface area contributed by atoms with E-state index in [0.717, 1.165) is 0 Å². The summed E-state index contributed by atoms with van der Waals surface area (Å²) < 4.78 is 4.98. The van der Waals surface area contributed by atoms with Crippen LogP contribution in [0, 0.1) is 0 Å². The van der Waals surface area contributed by atoms with Gasteiger partial charge in [0.1, 0.15) is 5.75 Å². The Morgan fingerprint density at radius 3 is 2.50 bits per heavy atom. The van der Waals surface area contributed by atoms with Crippen LogP contribution in [0.1, 0.15) is 10.4 Å². The number of aromatic hydroxyl groups is 2. The van der Waals surface area contributed by atoms with Crippen LogP contribution in [0.3, 0.4) is 0 Å². The highest BCUT2D eigenvalue weighted by Gasteiger charge is 2.19. The lowest BCUT2D eigenvalue weighted by Gasteiger charge is -2.18. The minimum Gasteiger partial charge on any atom is -0.508 e. The third kappa shape index (κ3) is 2.51. The first-order valence-corrected chi connectivity index (χ1v) is 5.97. The second-order valence-electron chi connectivity index (χ2n) is 4.24. The SMILES string of the molecule is COc1cccc(C(=O)N(C)c2cccc(O)c2)c1O. The summed E-state index contributed by atoms with van der Waals surface area (Å²) in [4.78, 5) is 13.7. The number of amides is 1. The molecular weight excluding hydrogens is 258 g/mol. The fourth-order valence-electron chi connectivity index (χ4n) is 1.86. The average Bonchev–Trinajstić information content (AvgIpc) is 2.46. The summed E-state index contributed by atoms with van der Waals surface area (Å²) in [6, 6.07) is 11.0. The van der Waals surface area contributed by atoms with Crippen LogP contribution in [-0.2, 0) is 0 Å². The fraction of sp³-hybridized carbons (Fsp3) is 0.133. The molecule has 20 heavy (non-hydrogen) atoms. The lowest BCUT2D eigenvalue weighted by atomic mass is 10.1. The number of hydrogen-bond acceptors (Lipinski definition) is 4. The van der Waals surface area contributed by atoms with Gasteiger partial charge in [0.15, 0.2) is 11.5 Å². The first kappa shape index (κ1) is 13.7. The van der Waals surface area contributed by atoms with Crippen LogP contribution in [0.25, 0.3) is 0 Å². The summed E-state index contributed by atoms with van der Waals surface area (Å²) in [5.74, 6) is -0.295. The zero-order valence-electron chi connectivity index (χ0n) is 11.2. The second kappa shape index (κ2) is 5.52. The van der Waals surface area contributed by atoms with Crippen molar-refractivity contribution in [2.24, 2.45) is 0 Å². The number of phenolic OH excluding ortho intramolecular Hbond substituents is 2. The van der Waals surface area contributed by atoms with Gasteiger partial charge in [-0.25, -0.2) is 0 Å². The molecule has 0 bridgehead atoms. The maximum absolute atomic E-state index is 12.4. The normalized spacial score (nSPS) is 10.1. The van der Waals surface area contributed by atoms with E-state index in [1.165, 1.54) is 30.2 Å². The number of hydrogen-bond donors (Lipinski definition) is 2. The Labute approximate surface area is 116 Å². The summed E-state index contributed by atoms with van der Waals surface area (Å²) in [5, 5.41) is 19.4. The summed E-state index contributed by atoms with van der Waals surface area (Å²) in [6.07, 6.45) is 0. The Kier molecular flexibility index (Phi) is 3.79. The number of methoxy groups -OCH3 is 1. The second-order valence-corrected chi connectivity index (χ2v) is 4.24. The predicted molar refractivity (Wildman–Crippen MR) is 75.5 cm³/mol. The van der Waals surface area contributed by atoms with Crippen LogP contribution >= 0.6 is 0 Å². The molecule has 104 valence electrons. The monoisotopic (exact) mass is 273 g/mol. The number of benzene rings is 2. The van der Waals surface area contributed by atoms with Gasteiger partial charge < -0.3 is 19.8 Å². The van der Waals surface area contributed by atoms with Gasteiger partial charge in [-0.05, 0) is 24.3 Å². The minimum atomic E-state index is -0.396. The van der Waals surface area contributed by atoms with Gasteiger partial charge in [-0.3, -0.25) is 4.79 Å². The third-order valence-corrected chi connectivity index (χ3v) is 2.97. The van der Waals surface area contributed by atoms with E-state index in [4.69, 9.17) is 4.74 Å². The van der Waals surface area contributed by atoms with Crippen LogP contribution in [0.2, 0.25) is 0 Å². The van der Waals surface area contributed by atoms with Crippen molar-refractivity contribution in [3.63, 3.8) is 0 Å². The van der Waals surface area contributed by atoms with Crippen LogP contribution in [0.4, 0.5) is 5.69 Å². The maximum atomic E-state index is 12.4. The molecule has 0 unspecified atom stereocenters. The van der Waals surface area contributed by atoms with E-state index in [2.05, 4.69) is 0 Å². The van der Waals surface area contributed by atoms with Gasteiger partial charge in [-0.1, -0.05) is 12.1 Å². The molecule has 2 N–H and O–H groups in total. The smallest absolute Gasteiger partial charge is 0.261 e. The molecule has 0 atom stereocenters. The Balaban J connectivity index is 2.36. The van der Waals surface area contributed by atoms with E-state index in [1.807, 2.05) is 0 Å². The highest BCUT2D eigenvalue weighted by Crippen LogP contribution is 2.31. The van der Waals surface area contributed by atoms with Gasteiger partial charge >= 0.3 is 0 Å². The number of ether oxygens (including phenoxy) is 1. The molecule has 0 heterocycles. The molecule has 0 spiro atoms. The number of nitrogens with zero attached hydrogens (tertiary/aromatic N) is 1. The number of carbonyl (C=O) groups excluding carboxylic acids is 1. The van der Waals surface area contributed by atoms with Crippen molar-refractivity contribution in [2.75, 3.05) is 19.1 Å². The molecule has 2 aromatic rings. The zero-order chi connectivity index (χ0) is 14.7. The fourth-order valence-corrected chi connectivity index (χ4v) is 1.86. The molecule has 2 aromatic carbocycles. The molecular formula is C15H15NO4. The molecule has 0 saturated carbocycles.